The highest BCUT2D eigenvalue weighted by atomic mass is 79.9. The minimum absolute atomic E-state index is 0.00544. The van der Waals surface area contributed by atoms with Crippen molar-refractivity contribution >= 4 is 15.9 Å². The number of rotatable bonds is 6. The maximum Gasteiger partial charge on any atom is 0.137 e. The number of ether oxygens (including phenoxy) is 2. The Balaban J connectivity index is 2.69. The highest BCUT2D eigenvalue weighted by Crippen LogP contribution is 2.26. The topological polar surface area (TPSA) is 30.5 Å². The molecule has 0 heterocycles. The van der Waals surface area contributed by atoms with Crippen molar-refractivity contribution < 1.29 is 13.9 Å². The number of hydrogen-bond donors (Lipinski definition) is 1. The maximum atomic E-state index is 13.2. The highest BCUT2D eigenvalue weighted by molar-refractivity contribution is 9.10. The molecule has 1 atom stereocenters. The summed E-state index contributed by atoms with van der Waals surface area (Å²) in [4.78, 5) is 0. The molecule has 1 aromatic carbocycles. The molecule has 0 bridgehead atoms. The molecule has 1 aromatic rings. The molecule has 0 aliphatic carbocycles. The number of halogens is 2. The summed E-state index contributed by atoms with van der Waals surface area (Å²) in [6.07, 6.45) is -0.178. The van der Waals surface area contributed by atoms with Crippen molar-refractivity contribution in [2.75, 3.05) is 20.3 Å². The average Bonchev–Trinajstić information content (AvgIpc) is 2.30. The van der Waals surface area contributed by atoms with E-state index in [1.807, 2.05) is 0 Å². The zero-order valence-electron chi connectivity index (χ0n) is 11.8. The van der Waals surface area contributed by atoms with Crippen LogP contribution in [0, 0.1) is 5.82 Å². The van der Waals surface area contributed by atoms with E-state index in [0.29, 0.717) is 18.9 Å². The molecule has 19 heavy (non-hydrogen) atoms. The van der Waals surface area contributed by atoms with Crippen molar-refractivity contribution in [2.45, 2.75) is 32.4 Å². The van der Waals surface area contributed by atoms with Gasteiger partial charge in [-0.25, -0.2) is 4.39 Å². The van der Waals surface area contributed by atoms with Crippen LogP contribution in [0.15, 0.2) is 22.7 Å². The molecular weight excluding hydrogens is 313 g/mol. The Bertz CT molecular complexity index is 407. The summed E-state index contributed by atoms with van der Waals surface area (Å²) in [6, 6.07) is 4.38. The lowest BCUT2D eigenvalue weighted by molar-refractivity contribution is 0.0758. The molecule has 0 saturated carbocycles. The zero-order chi connectivity index (χ0) is 14.5. The van der Waals surface area contributed by atoms with Gasteiger partial charge in [0.15, 0.2) is 0 Å². The quantitative estimate of drug-likeness (QED) is 0.865. The van der Waals surface area contributed by atoms with Crippen LogP contribution in [0.1, 0.15) is 20.8 Å². The highest BCUT2D eigenvalue weighted by Gasteiger charge is 2.17. The van der Waals surface area contributed by atoms with Gasteiger partial charge in [-0.05, 0) is 48.8 Å². The van der Waals surface area contributed by atoms with Crippen LogP contribution in [0.3, 0.4) is 0 Å². The van der Waals surface area contributed by atoms with E-state index in [2.05, 4.69) is 42.0 Å². The van der Waals surface area contributed by atoms with E-state index in [-0.39, 0.29) is 17.5 Å². The third-order valence-corrected chi connectivity index (χ3v) is 3.05. The van der Waals surface area contributed by atoms with E-state index in [1.165, 1.54) is 12.1 Å². The smallest absolute Gasteiger partial charge is 0.137 e. The molecule has 0 fully saturated rings. The number of hydrogen-bond acceptors (Lipinski definition) is 3. The Hall–Kier alpha value is -0.650. The van der Waals surface area contributed by atoms with Crippen molar-refractivity contribution in [1.29, 1.82) is 0 Å². The van der Waals surface area contributed by atoms with Gasteiger partial charge in [-0.1, -0.05) is 0 Å². The molecule has 1 unspecified atom stereocenters. The van der Waals surface area contributed by atoms with Crippen LogP contribution in [-0.2, 0) is 4.74 Å². The summed E-state index contributed by atoms with van der Waals surface area (Å²) in [6.45, 7) is 7.30. The first kappa shape index (κ1) is 16.4. The van der Waals surface area contributed by atoms with Gasteiger partial charge in [0.2, 0.25) is 0 Å². The fourth-order valence-electron chi connectivity index (χ4n) is 1.49. The molecule has 0 saturated heterocycles. The third-order valence-electron chi connectivity index (χ3n) is 2.40. The molecule has 5 heteroatoms. The van der Waals surface area contributed by atoms with Crippen LogP contribution in [-0.4, -0.2) is 31.9 Å². The van der Waals surface area contributed by atoms with Gasteiger partial charge in [0.05, 0.1) is 11.1 Å². The van der Waals surface area contributed by atoms with Crippen LogP contribution in [0.25, 0.3) is 0 Å². The zero-order valence-corrected chi connectivity index (χ0v) is 13.4. The third kappa shape index (κ3) is 6.36. The molecule has 0 aliphatic rings. The molecule has 0 aromatic heterocycles. The molecule has 108 valence electrons. The minimum Gasteiger partial charge on any atom is -0.485 e. The molecular formula is C14H21BrFNO2. The van der Waals surface area contributed by atoms with Gasteiger partial charge >= 0.3 is 0 Å². The summed E-state index contributed by atoms with van der Waals surface area (Å²) in [7, 11) is 1.62. The Morgan fingerprint density at radius 3 is 2.63 bits per heavy atom. The first-order chi connectivity index (χ1) is 8.81. The second-order valence-corrected chi connectivity index (χ2v) is 6.26. The van der Waals surface area contributed by atoms with Gasteiger partial charge in [0.1, 0.15) is 17.7 Å². The molecule has 1 N–H and O–H groups in total. The van der Waals surface area contributed by atoms with Gasteiger partial charge in [-0.15, -0.1) is 0 Å². The van der Waals surface area contributed by atoms with Crippen LogP contribution >= 0.6 is 15.9 Å². The average molecular weight is 334 g/mol. The van der Waals surface area contributed by atoms with E-state index in [4.69, 9.17) is 9.47 Å². The van der Waals surface area contributed by atoms with E-state index >= 15 is 0 Å². The van der Waals surface area contributed by atoms with Gasteiger partial charge in [0.25, 0.3) is 0 Å². The fraction of sp³-hybridized carbons (Fsp3) is 0.571. The monoisotopic (exact) mass is 333 g/mol. The van der Waals surface area contributed by atoms with E-state index in [9.17, 15) is 4.39 Å². The number of methoxy groups -OCH3 is 1. The number of nitrogens with one attached hydrogen (secondary N) is 1. The normalized spacial score (nSPS) is 13.4. The summed E-state index contributed by atoms with van der Waals surface area (Å²) in [5.41, 5.74) is -0.00544. The van der Waals surface area contributed by atoms with Crippen molar-refractivity contribution in [2.24, 2.45) is 0 Å². The lowest BCUT2D eigenvalue weighted by atomic mass is 10.1. The Morgan fingerprint density at radius 2 is 2.05 bits per heavy atom. The minimum atomic E-state index is -0.321. The second-order valence-electron chi connectivity index (χ2n) is 5.40. The first-order valence-electron chi connectivity index (χ1n) is 6.17. The molecule has 0 aliphatic heterocycles. The largest absolute Gasteiger partial charge is 0.485 e. The van der Waals surface area contributed by atoms with Crippen molar-refractivity contribution in [1.82, 2.24) is 5.32 Å². The van der Waals surface area contributed by atoms with Crippen LogP contribution in [0.4, 0.5) is 4.39 Å². The van der Waals surface area contributed by atoms with E-state index in [1.54, 1.807) is 13.2 Å². The van der Waals surface area contributed by atoms with Crippen LogP contribution in [0.2, 0.25) is 0 Å². The summed E-state index contributed by atoms with van der Waals surface area (Å²) < 4.78 is 24.9. The van der Waals surface area contributed by atoms with Crippen molar-refractivity contribution in [3.63, 3.8) is 0 Å². The predicted molar refractivity (Wildman–Crippen MR) is 78.1 cm³/mol. The van der Waals surface area contributed by atoms with E-state index in [0.717, 1.165) is 4.47 Å². The Kier molecular flexibility index (Phi) is 6.23. The van der Waals surface area contributed by atoms with Crippen LogP contribution < -0.4 is 10.1 Å². The molecule has 3 nitrogen and oxygen atoms in total. The lowest BCUT2D eigenvalue weighted by Gasteiger charge is -2.26. The predicted octanol–water partition coefficient (Wildman–Crippen LogP) is 3.37. The molecule has 0 radical (unpaired) electrons. The summed E-state index contributed by atoms with van der Waals surface area (Å²) in [5.74, 6) is 0.163. The Labute approximate surface area is 122 Å². The van der Waals surface area contributed by atoms with Gasteiger partial charge < -0.3 is 14.8 Å². The van der Waals surface area contributed by atoms with Gasteiger partial charge in [-0.2, -0.15) is 0 Å². The summed E-state index contributed by atoms with van der Waals surface area (Å²) >= 11 is 3.35. The second kappa shape index (κ2) is 7.22. The van der Waals surface area contributed by atoms with E-state index < -0.39 is 0 Å². The SMILES string of the molecule is COCC(CNC(C)(C)C)Oc1cc(F)ccc1Br. The maximum absolute atomic E-state index is 13.2. The standard InChI is InChI=1S/C14H21BrFNO2/c1-14(2,3)17-8-11(9-18-4)19-13-7-10(16)5-6-12(13)15/h5-7,11,17H,8-9H2,1-4H3. The van der Waals surface area contributed by atoms with Crippen molar-refractivity contribution in [3.05, 3.63) is 28.5 Å². The van der Waals surface area contributed by atoms with Gasteiger partial charge in [-0.3, -0.25) is 0 Å². The first-order valence-corrected chi connectivity index (χ1v) is 6.97. The Morgan fingerprint density at radius 1 is 1.37 bits per heavy atom. The lowest BCUT2D eigenvalue weighted by Crippen LogP contribution is -2.44. The van der Waals surface area contributed by atoms with Gasteiger partial charge in [0, 0.05) is 25.3 Å². The number of benzene rings is 1. The van der Waals surface area contributed by atoms with Crippen molar-refractivity contribution in [3.8, 4) is 5.75 Å². The summed E-state index contributed by atoms with van der Waals surface area (Å²) in [5, 5.41) is 3.35. The molecule has 0 spiro atoms. The molecule has 1 rings (SSSR count). The van der Waals surface area contributed by atoms with Crippen LogP contribution in [0.5, 0.6) is 5.75 Å². The fourth-order valence-corrected chi connectivity index (χ4v) is 1.83. The molecule has 0 amide bonds.